The van der Waals surface area contributed by atoms with E-state index in [1.54, 1.807) is 42.1 Å². The molecule has 3 nitrogen and oxygen atoms in total. The highest BCUT2D eigenvalue weighted by molar-refractivity contribution is 6.30. The van der Waals surface area contributed by atoms with Gasteiger partial charge in [-0.25, -0.2) is 0 Å². The van der Waals surface area contributed by atoms with Gasteiger partial charge in [-0.15, -0.1) is 0 Å². The number of benzene rings is 3. The average Bonchev–Trinajstić information content (AvgIpc) is 3.05. The molecule has 4 rings (SSSR count). The minimum absolute atomic E-state index is 0.0761. The molecular weight excluding hydrogens is 401 g/mol. The molecule has 0 unspecified atom stereocenters. The lowest BCUT2D eigenvalue weighted by molar-refractivity contribution is -0.136. The minimum Gasteiger partial charge on any atom is -0.497 e. The Morgan fingerprint density at radius 2 is 1.72 bits per heavy atom. The van der Waals surface area contributed by atoms with Crippen molar-refractivity contribution in [2.45, 2.75) is 12.7 Å². The lowest BCUT2D eigenvalue weighted by Gasteiger charge is -2.10. The summed E-state index contributed by atoms with van der Waals surface area (Å²) in [5.41, 5.74) is 1.37. The Morgan fingerprint density at radius 3 is 2.41 bits per heavy atom. The van der Waals surface area contributed by atoms with E-state index >= 15 is 0 Å². The van der Waals surface area contributed by atoms with Crippen LogP contribution in [0.5, 0.6) is 5.75 Å². The summed E-state index contributed by atoms with van der Waals surface area (Å²) < 4.78 is 47.5. The molecule has 0 saturated heterocycles. The SMILES string of the molecule is COc1cccc(Cn2nc3c(C(F)(F)F)cccc3c2-c2ccc(Cl)cc2)c1. The summed E-state index contributed by atoms with van der Waals surface area (Å²) in [6, 6.07) is 18.4. The molecule has 0 fully saturated rings. The van der Waals surface area contributed by atoms with Crippen molar-refractivity contribution < 1.29 is 17.9 Å². The van der Waals surface area contributed by atoms with Gasteiger partial charge < -0.3 is 4.74 Å². The topological polar surface area (TPSA) is 27.1 Å². The van der Waals surface area contributed by atoms with Crippen molar-refractivity contribution in [2.75, 3.05) is 7.11 Å². The van der Waals surface area contributed by atoms with Crippen molar-refractivity contribution in [2.24, 2.45) is 0 Å². The van der Waals surface area contributed by atoms with Gasteiger partial charge in [-0.05, 0) is 35.9 Å². The molecule has 0 aliphatic rings. The molecule has 1 aromatic heterocycles. The standard InChI is InChI=1S/C22H16ClF3N2O/c1-29-17-5-2-4-14(12-17)13-28-21(15-8-10-16(23)11-9-15)18-6-3-7-19(20(18)27-28)22(24,25)26/h2-12H,13H2,1H3. The van der Waals surface area contributed by atoms with E-state index in [9.17, 15) is 13.2 Å². The second kappa shape index (κ2) is 7.44. The summed E-state index contributed by atoms with van der Waals surface area (Å²) >= 11 is 5.99. The van der Waals surface area contributed by atoms with Crippen LogP contribution in [-0.4, -0.2) is 16.9 Å². The molecule has 0 saturated carbocycles. The molecule has 0 aliphatic heterocycles. The summed E-state index contributed by atoms with van der Waals surface area (Å²) in [5.74, 6) is 0.670. The van der Waals surface area contributed by atoms with Crippen LogP contribution < -0.4 is 4.74 Å². The Morgan fingerprint density at radius 1 is 1.00 bits per heavy atom. The zero-order valence-corrected chi connectivity index (χ0v) is 16.1. The fourth-order valence-electron chi connectivity index (χ4n) is 3.35. The zero-order valence-electron chi connectivity index (χ0n) is 15.4. The van der Waals surface area contributed by atoms with Gasteiger partial charge >= 0.3 is 6.18 Å². The fourth-order valence-corrected chi connectivity index (χ4v) is 3.48. The highest BCUT2D eigenvalue weighted by Crippen LogP contribution is 2.38. The predicted molar refractivity (Wildman–Crippen MR) is 107 cm³/mol. The van der Waals surface area contributed by atoms with Crippen molar-refractivity contribution in [3.63, 3.8) is 0 Å². The molecule has 0 radical (unpaired) electrons. The molecule has 3 aromatic carbocycles. The Hall–Kier alpha value is -2.99. The number of methoxy groups -OCH3 is 1. The van der Waals surface area contributed by atoms with Crippen molar-refractivity contribution in [3.05, 3.63) is 82.9 Å². The zero-order chi connectivity index (χ0) is 20.6. The van der Waals surface area contributed by atoms with Crippen molar-refractivity contribution in [3.8, 4) is 17.0 Å². The Balaban J connectivity index is 1.94. The van der Waals surface area contributed by atoms with Gasteiger partial charge in [0.25, 0.3) is 0 Å². The van der Waals surface area contributed by atoms with Crippen molar-refractivity contribution in [1.82, 2.24) is 9.78 Å². The third-order valence-corrected chi connectivity index (χ3v) is 4.91. The lowest BCUT2D eigenvalue weighted by Crippen LogP contribution is -2.07. The number of aromatic nitrogens is 2. The normalized spacial score (nSPS) is 11.8. The monoisotopic (exact) mass is 416 g/mol. The maximum atomic E-state index is 13.6. The van der Waals surface area contributed by atoms with E-state index in [4.69, 9.17) is 16.3 Å². The molecule has 7 heteroatoms. The number of halogens is 4. The Labute approximate surface area is 170 Å². The highest BCUT2D eigenvalue weighted by atomic mass is 35.5. The van der Waals surface area contributed by atoms with E-state index < -0.39 is 11.7 Å². The first-order valence-corrected chi connectivity index (χ1v) is 9.20. The number of nitrogens with zero attached hydrogens (tertiary/aromatic N) is 2. The van der Waals surface area contributed by atoms with Gasteiger partial charge in [0.2, 0.25) is 0 Å². The first-order valence-electron chi connectivity index (χ1n) is 8.82. The molecule has 0 spiro atoms. The van der Waals surface area contributed by atoms with Crippen LogP contribution in [0.15, 0.2) is 66.7 Å². The van der Waals surface area contributed by atoms with E-state index in [0.29, 0.717) is 28.4 Å². The molecule has 148 valence electrons. The molecule has 0 aliphatic carbocycles. The minimum atomic E-state index is -4.49. The summed E-state index contributed by atoms with van der Waals surface area (Å²) in [5, 5.41) is 5.34. The van der Waals surface area contributed by atoms with Crippen LogP contribution in [-0.2, 0) is 12.7 Å². The van der Waals surface area contributed by atoms with Gasteiger partial charge in [0, 0.05) is 16.0 Å². The van der Waals surface area contributed by atoms with Crippen LogP contribution in [0.2, 0.25) is 5.02 Å². The Kier molecular flexibility index (Phi) is 4.96. The quantitative estimate of drug-likeness (QED) is 0.383. The van der Waals surface area contributed by atoms with Crippen LogP contribution >= 0.6 is 11.6 Å². The summed E-state index contributed by atoms with van der Waals surface area (Å²) in [4.78, 5) is 0. The van der Waals surface area contributed by atoms with Crippen molar-refractivity contribution >= 4 is 22.5 Å². The van der Waals surface area contributed by atoms with E-state index in [-0.39, 0.29) is 5.52 Å². The number of hydrogen-bond acceptors (Lipinski definition) is 2. The number of hydrogen-bond donors (Lipinski definition) is 0. The largest absolute Gasteiger partial charge is 0.497 e. The summed E-state index contributed by atoms with van der Waals surface area (Å²) in [6.45, 7) is 0.293. The third kappa shape index (κ3) is 3.80. The first-order chi connectivity index (χ1) is 13.9. The number of ether oxygens (including phenoxy) is 1. The van der Waals surface area contributed by atoms with Crippen LogP contribution in [0.3, 0.4) is 0 Å². The van der Waals surface area contributed by atoms with Crippen LogP contribution in [0.25, 0.3) is 22.2 Å². The maximum Gasteiger partial charge on any atom is 0.418 e. The third-order valence-electron chi connectivity index (χ3n) is 4.66. The van der Waals surface area contributed by atoms with Crippen LogP contribution in [0, 0.1) is 0 Å². The molecule has 0 bridgehead atoms. The lowest BCUT2D eigenvalue weighted by atomic mass is 10.0. The molecule has 29 heavy (non-hydrogen) atoms. The number of rotatable bonds is 4. The van der Waals surface area contributed by atoms with E-state index in [2.05, 4.69) is 5.10 Å². The smallest absolute Gasteiger partial charge is 0.418 e. The molecule has 0 amide bonds. The molecule has 4 aromatic rings. The van der Waals surface area contributed by atoms with Crippen LogP contribution in [0.4, 0.5) is 13.2 Å². The summed E-state index contributed by atoms with van der Waals surface area (Å²) in [7, 11) is 1.57. The number of fused-ring (bicyclic) bond motifs is 1. The molecule has 1 heterocycles. The maximum absolute atomic E-state index is 13.6. The summed E-state index contributed by atoms with van der Waals surface area (Å²) in [6.07, 6.45) is -4.49. The van der Waals surface area contributed by atoms with E-state index in [1.165, 1.54) is 6.07 Å². The first kappa shape index (κ1) is 19.3. The fraction of sp³-hybridized carbons (Fsp3) is 0.136. The van der Waals surface area contributed by atoms with Gasteiger partial charge in [-0.2, -0.15) is 18.3 Å². The molecular formula is C22H16ClF3N2O. The molecule has 0 atom stereocenters. The van der Waals surface area contributed by atoms with Gasteiger partial charge in [-0.1, -0.05) is 48.0 Å². The van der Waals surface area contributed by atoms with Crippen molar-refractivity contribution in [1.29, 1.82) is 0 Å². The second-order valence-electron chi connectivity index (χ2n) is 6.56. The van der Waals surface area contributed by atoms with Gasteiger partial charge in [0.15, 0.2) is 0 Å². The highest BCUT2D eigenvalue weighted by Gasteiger charge is 2.34. The Bertz CT molecular complexity index is 1170. The van der Waals surface area contributed by atoms with E-state index in [0.717, 1.165) is 17.2 Å². The van der Waals surface area contributed by atoms with Crippen LogP contribution in [0.1, 0.15) is 11.1 Å². The number of alkyl halides is 3. The van der Waals surface area contributed by atoms with Gasteiger partial charge in [0.05, 0.1) is 24.9 Å². The molecule has 0 N–H and O–H groups in total. The van der Waals surface area contributed by atoms with Gasteiger partial charge in [0.1, 0.15) is 11.3 Å². The second-order valence-corrected chi connectivity index (χ2v) is 7.00. The average molecular weight is 417 g/mol. The van der Waals surface area contributed by atoms with Gasteiger partial charge in [-0.3, -0.25) is 4.68 Å². The van der Waals surface area contributed by atoms with E-state index in [1.807, 2.05) is 24.3 Å². The predicted octanol–water partition coefficient (Wildman–Crippen LogP) is 6.43.